The summed E-state index contributed by atoms with van der Waals surface area (Å²) in [6, 6.07) is 5.79. The van der Waals surface area contributed by atoms with Crippen molar-refractivity contribution in [3.05, 3.63) is 47.6 Å². The molecule has 25 heavy (non-hydrogen) atoms. The zero-order valence-electron chi connectivity index (χ0n) is 14.2. The van der Waals surface area contributed by atoms with Crippen molar-refractivity contribution in [1.29, 1.82) is 0 Å². The Morgan fingerprint density at radius 3 is 3.28 bits per heavy atom. The van der Waals surface area contributed by atoms with E-state index in [1.807, 2.05) is 43.6 Å². The van der Waals surface area contributed by atoms with Gasteiger partial charge in [-0.2, -0.15) is 0 Å². The third kappa shape index (κ3) is 3.24. The number of aromatic nitrogens is 2. The zero-order chi connectivity index (χ0) is 17.2. The number of rotatable bonds is 4. The van der Waals surface area contributed by atoms with E-state index in [1.165, 1.54) is 0 Å². The lowest BCUT2D eigenvalue weighted by molar-refractivity contribution is -0.118. The fraction of sp³-hybridized carbons (Fsp3) is 0.368. The van der Waals surface area contributed by atoms with Gasteiger partial charge >= 0.3 is 0 Å². The summed E-state index contributed by atoms with van der Waals surface area (Å²) in [5, 5.41) is 3.12. The van der Waals surface area contributed by atoms with Gasteiger partial charge in [-0.3, -0.25) is 4.79 Å². The maximum absolute atomic E-state index is 12.6. The molecule has 130 valence electrons. The molecule has 6 nitrogen and oxygen atoms in total. The highest BCUT2D eigenvalue weighted by Crippen LogP contribution is 2.30. The molecule has 0 radical (unpaired) electrons. The van der Waals surface area contributed by atoms with Crippen LogP contribution >= 0.6 is 0 Å². The molecule has 1 atom stereocenters. The summed E-state index contributed by atoms with van der Waals surface area (Å²) in [5.74, 6) is 2.58. The van der Waals surface area contributed by atoms with Crippen molar-refractivity contribution in [3.8, 4) is 11.5 Å². The van der Waals surface area contributed by atoms with Crippen LogP contribution in [0.3, 0.4) is 0 Å². The maximum Gasteiger partial charge on any atom is 0.250 e. The largest absolute Gasteiger partial charge is 0.494 e. The van der Waals surface area contributed by atoms with Crippen LogP contribution in [0.5, 0.6) is 11.5 Å². The molecular weight excluding hydrogens is 318 g/mol. The molecule has 0 unspecified atom stereocenters. The van der Waals surface area contributed by atoms with Gasteiger partial charge in [-0.05, 0) is 37.6 Å². The van der Waals surface area contributed by atoms with Crippen LogP contribution < -0.4 is 14.8 Å². The van der Waals surface area contributed by atoms with Gasteiger partial charge in [0, 0.05) is 37.0 Å². The van der Waals surface area contributed by atoms with Gasteiger partial charge in [0.15, 0.2) is 0 Å². The van der Waals surface area contributed by atoms with Crippen LogP contribution in [0.2, 0.25) is 0 Å². The first kappa shape index (κ1) is 15.7. The number of amides is 1. The number of nitrogens with zero attached hydrogens (tertiary/aromatic N) is 2. The van der Waals surface area contributed by atoms with E-state index in [0.29, 0.717) is 12.2 Å². The monoisotopic (exact) mass is 339 g/mol. The Bertz CT molecular complexity index is 825. The molecule has 0 bridgehead atoms. The highest BCUT2D eigenvalue weighted by Gasteiger charge is 2.23. The molecule has 1 aromatic heterocycles. The molecule has 2 aliphatic rings. The topological polar surface area (TPSA) is 65.4 Å². The number of nitrogens with one attached hydrogen (secondary N) is 1. The van der Waals surface area contributed by atoms with Gasteiger partial charge in [-0.15, -0.1) is 0 Å². The number of aryl methyl sites for hydroxylation is 1. The third-order valence-corrected chi connectivity index (χ3v) is 4.57. The SMILES string of the molecule is CCOc1ccc2c(c1)C=C(C(=O)N[C@@H]1CCc3nccn3C1)CO2. The predicted molar refractivity (Wildman–Crippen MR) is 93.6 cm³/mol. The zero-order valence-corrected chi connectivity index (χ0v) is 14.2. The summed E-state index contributed by atoms with van der Waals surface area (Å²) in [5.41, 5.74) is 1.51. The van der Waals surface area contributed by atoms with Crippen LogP contribution in [-0.4, -0.2) is 34.7 Å². The van der Waals surface area contributed by atoms with Crippen LogP contribution in [0, 0.1) is 0 Å². The van der Waals surface area contributed by atoms with E-state index in [2.05, 4.69) is 14.9 Å². The summed E-state index contributed by atoms with van der Waals surface area (Å²) >= 11 is 0. The van der Waals surface area contributed by atoms with Crippen LogP contribution in [0.4, 0.5) is 0 Å². The Balaban J connectivity index is 1.46. The van der Waals surface area contributed by atoms with E-state index in [0.717, 1.165) is 42.3 Å². The van der Waals surface area contributed by atoms with Crippen molar-refractivity contribution in [3.63, 3.8) is 0 Å². The Kier molecular flexibility index (Phi) is 4.17. The molecule has 1 N–H and O–H groups in total. The van der Waals surface area contributed by atoms with E-state index in [9.17, 15) is 4.79 Å². The standard InChI is InChI=1S/C19H21N3O3/c1-2-24-16-4-5-17-13(10-16)9-14(12-25-17)19(23)21-15-3-6-18-20-7-8-22(18)11-15/h4-5,7-10,15H,2-3,6,11-12H2,1H3,(H,21,23)/t15-/m1/s1. The first-order valence-corrected chi connectivity index (χ1v) is 8.64. The quantitative estimate of drug-likeness (QED) is 0.927. The second kappa shape index (κ2) is 6.63. The molecule has 0 saturated carbocycles. The number of imidazole rings is 1. The van der Waals surface area contributed by atoms with E-state index < -0.39 is 0 Å². The van der Waals surface area contributed by atoms with E-state index in [-0.39, 0.29) is 18.6 Å². The minimum atomic E-state index is -0.0685. The first-order chi connectivity index (χ1) is 12.2. The number of ether oxygens (including phenoxy) is 2. The molecule has 6 heteroatoms. The van der Waals surface area contributed by atoms with E-state index in [1.54, 1.807) is 0 Å². The van der Waals surface area contributed by atoms with Crippen LogP contribution in [0.1, 0.15) is 24.7 Å². The second-order valence-electron chi connectivity index (χ2n) is 6.30. The molecule has 1 aromatic carbocycles. The van der Waals surface area contributed by atoms with Gasteiger partial charge in [0.1, 0.15) is 23.9 Å². The van der Waals surface area contributed by atoms with Crippen LogP contribution in [0.25, 0.3) is 6.08 Å². The van der Waals surface area contributed by atoms with Gasteiger partial charge in [0.05, 0.1) is 12.2 Å². The number of fused-ring (bicyclic) bond motifs is 2. The van der Waals surface area contributed by atoms with Crippen molar-refractivity contribution in [2.45, 2.75) is 32.4 Å². The predicted octanol–water partition coefficient (Wildman–Crippen LogP) is 2.19. The minimum Gasteiger partial charge on any atom is -0.494 e. The molecule has 0 fully saturated rings. The van der Waals surface area contributed by atoms with Gasteiger partial charge < -0.3 is 19.4 Å². The Labute approximate surface area is 146 Å². The number of hydrogen-bond acceptors (Lipinski definition) is 4. The van der Waals surface area contributed by atoms with Gasteiger partial charge in [0.25, 0.3) is 5.91 Å². The lowest BCUT2D eigenvalue weighted by Gasteiger charge is -2.26. The van der Waals surface area contributed by atoms with Gasteiger partial charge in [-0.25, -0.2) is 4.98 Å². The summed E-state index contributed by atoms with van der Waals surface area (Å²) in [6.45, 7) is 3.60. The molecule has 2 aliphatic heterocycles. The Morgan fingerprint density at radius 1 is 1.48 bits per heavy atom. The molecule has 3 heterocycles. The molecule has 0 aliphatic carbocycles. The summed E-state index contributed by atoms with van der Waals surface area (Å²) in [7, 11) is 0. The molecule has 4 rings (SSSR count). The average Bonchev–Trinajstić information content (AvgIpc) is 3.09. The van der Waals surface area contributed by atoms with Gasteiger partial charge in [-0.1, -0.05) is 0 Å². The average molecular weight is 339 g/mol. The number of benzene rings is 1. The lowest BCUT2D eigenvalue weighted by Crippen LogP contribution is -2.42. The van der Waals surface area contributed by atoms with Crippen LogP contribution in [-0.2, 0) is 17.8 Å². The Morgan fingerprint density at radius 2 is 2.40 bits per heavy atom. The summed E-state index contributed by atoms with van der Waals surface area (Å²) < 4.78 is 13.3. The van der Waals surface area contributed by atoms with E-state index in [4.69, 9.17) is 9.47 Å². The van der Waals surface area contributed by atoms with Crippen molar-refractivity contribution in [2.24, 2.45) is 0 Å². The second-order valence-corrected chi connectivity index (χ2v) is 6.30. The smallest absolute Gasteiger partial charge is 0.250 e. The molecular formula is C19H21N3O3. The van der Waals surface area contributed by atoms with Crippen molar-refractivity contribution < 1.29 is 14.3 Å². The van der Waals surface area contributed by atoms with Crippen molar-refractivity contribution in [1.82, 2.24) is 14.9 Å². The van der Waals surface area contributed by atoms with Crippen LogP contribution in [0.15, 0.2) is 36.2 Å². The lowest BCUT2D eigenvalue weighted by atomic mass is 10.0. The molecule has 0 spiro atoms. The van der Waals surface area contributed by atoms with Gasteiger partial charge in [0.2, 0.25) is 0 Å². The first-order valence-electron chi connectivity index (χ1n) is 8.64. The summed E-state index contributed by atoms with van der Waals surface area (Å²) in [4.78, 5) is 16.9. The normalized spacial score (nSPS) is 18.4. The summed E-state index contributed by atoms with van der Waals surface area (Å²) in [6.07, 6.45) is 7.45. The van der Waals surface area contributed by atoms with Crippen molar-refractivity contribution >= 4 is 12.0 Å². The van der Waals surface area contributed by atoms with E-state index >= 15 is 0 Å². The number of carbonyl (C=O) groups is 1. The fourth-order valence-corrected chi connectivity index (χ4v) is 3.31. The number of carbonyl (C=O) groups excluding carboxylic acids is 1. The third-order valence-electron chi connectivity index (χ3n) is 4.57. The highest BCUT2D eigenvalue weighted by atomic mass is 16.5. The molecule has 2 aromatic rings. The van der Waals surface area contributed by atoms with Crippen molar-refractivity contribution in [2.75, 3.05) is 13.2 Å². The minimum absolute atomic E-state index is 0.0685. The molecule has 1 amide bonds. The molecule has 0 saturated heterocycles. The highest BCUT2D eigenvalue weighted by molar-refractivity contribution is 5.99. The fourth-order valence-electron chi connectivity index (χ4n) is 3.31. The Hall–Kier alpha value is -2.76. The maximum atomic E-state index is 12.6. The number of hydrogen-bond donors (Lipinski definition) is 1.